The van der Waals surface area contributed by atoms with Gasteiger partial charge in [0.15, 0.2) is 0 Å². The second kappa shape index (κ2) is 4.74. The summed E-state index contributed by atoms with van der Waals surface area (Å²) in [6, 6.07) is 10.9. The summed E-state index contributed by atoms with van der Waals surface area (Å²) in [5, 5.41) is 10.8. The fourth-order valence-electron chi connectivity index (χ4n) is 1.65. The SMILES string of the molecule is Oc1c(C(Cl)C(Cl)(Cl)Cl)ccc2ccccc12. The van der Waals surface area contributed by atoms with E-state index < -0.39 is 9.17 Å². The van der Waals surface area contributed by atoms with Gasteiger partial charge >= 0.3 is 0 Å². The Hall–Kier alpha value is -0.340. The number of hydrogen-bond acceptors (Lipinski definition) is 1. The zero-order chi connectivity index (χ0) is 12.6. The average Bonchev–Trinajstić information content (AvgIpc) is 2.28. The first kappa shape index (κ1) is 13.1. The second-order valence-electron chi connectivity index (χ2n) is 3.63. The minimum atomic E-state index is -1.67. The molecule has 0 saturated carbocycles. The number of benzene rings is 2. The van der Waals surface area contributed by atoms with Crippen molar-refractivity contribution in [1.82, 2.24) is 0 Å². The molecule has 2 rings (SSSR count). The van der Waals surface area contributed by atoms with Gasteiger partial charge in [-0.15, -0.1) is 11.6 Å². The third-order valence-corrected chi connectivity index (χ3v) is 4.04. The first-order chi connectivity index (χ1) is 7.91. The van der Waals surface area contributed by atoms with Gasteiger partial charge < -0.3 is 5.11 Å². The summed E-state index contributed by atoms with van der Waals surface area (Å²) >= 11 is 23.2. The van der Waals surface area contributed by atoms with Crippen LogP contribution in [0.4, 0.5) is 0 Å². The molecule has 0 aliphatic heterocycles. The fourth-order valence-corrected chi connectivity index (χ4v) is 2.18. The molecule has 1 unspecified atom stereocenters. The van der Waals surface area contributed by atoms with Crippen molar-refractivity contribution in [2.45, 2.75) is 9.17 Å². The zero-order valence-electron chi connectivity index (χ0n) is 8.50. The molecule has 0 aromatic heterocycles. The zero-order valence-corrected chi connectivity index (χ0v) is 11.5. The molecule has 1 nitrogen and oxygen atoms in total. The van der Waals surface area contributed by atoms with E-state index in [9.17, 15) is 5.11 Å². The molecule has 0 heterocycles. The Labute approximate surface area is 119 Å². The van der Waals surface area contributed by atoms with Crippen molar-refractivity contribution in [2.24, 2.45) is 0 Å². The highest BCUT2D eigenvalue weighted by molar-refractivity contribution is 6.70. The van der Waals surface area contributed by atoms with Crippen LogP contribution in [0.5, 0.6) is 5.75 Å². The third-order valence-electron chi connectivity index (χ3n) is 2.49. The maximum absolute atomic E-state index is 10.1. The minimum Gasteiger partial charge on any atom is -0.507 e. The highest BCUT2D eigenvalue weighted by Crippen LogP contribution is 2.47. The molecule has 90 valence electrons. The van der Waals surface area contributed by atoms with Crippen molar-refractivity contribution < 1.29 is 5.11 Å². The van der Waals surface area contributed by atoms with E-state index in [2.05, 4.69) is 0 Å². The van der Waals surface area contributed by atoms with E-state index in [1.54, 1.807) is 12.1 Å². The van der Waals surface area contributed by atoms with Crippen molar-refractivity contribution in [1.29, 1.82) is 0 Å². The summed E-state index contributed by atoms with van der Waals surface area (Å²) in [6.07, 6.45) is 0. The number of aromatic hydroxyl groups is 1. The predicted molar refractivity (Wildman–Crippen MR) is 74.5 cm³/mol. The molecule has 1 N–H and O–H groups in total. The molecular weight excluding hydrogens is 302 g/mol. The van der Waals surface area contributed by atoms with Gasteiger partial charge in [0.25, 0.3) is 0 Å². The molecule has 0 radical (unpaired) electrons. The summed E-state index contributed by atoms with van der Waals surface area (Å²) in [6.45, 7) is 0. The topological polar surface area (TPSA) is 20.2 Å². The average molecular weight is 310 g/mol. The minimum absolute atomic E-state index is 0.0504. The fraction of sp³-hybridized carbons (Fsp3) is 0.167. The highest BCUT2D eigenvalue weighted by atomic mass is 35.6. The molecule has 1 atom stereocenters. The van der Waals surface area contributed by atoms with Gasteiger partial charge in [-0.1, -0.05) is 71.2 Å². The standard InChI is InChI=1S/C12H8Cl4O/c13-11(12(14,15)16)9-6-5-7-3-1-2-4-8(7)10(9)17/h1-6,11,17H. The molecule has 0 spiro atoms. The number of alkyl halides is 4. The van der Waals surface area contributed by atoms with Crippen molar-refractivity contribution in [2.75, 3.05) is 0 Å². The molecule has 0 aliphatic carbocycles. The van der Waals surface area contributed by atoms with Gasteiger partial charge in [-0.05, 0) is 5.39 Å². The monoisotopic (exact) mass is 308 g/mol. The lowest BCUT2D eigenvalue weighted by molar-refractivity contribution is 0.474. The first-order valence-electron chi connectivity index (χ1n) is 4.82. The van der Waals surface area contributed by atoms with Gasteiger partial charge in [0.05, 0.1) is 0 Å². The molecule has 0 bridgehead atoms. The Morgan fingerprint density at radius 2 is 1.65 bits per heavy atom. The van der Waals surface area contributed by atoms with E-state index in [1.807, 2.05) is 24.3 Å². The quantitative estimate of drug-likeness (QED) is 0.718. The smallest absolute Gasteiger partial charge is 0.210 e. The van der Waals surface area contributed by atoms with Crippen LogP contribution in [0, 0.1) is 0 Å². The molecule has 0 aliphatic rings. The normalized spacial score (nSPS) is 13.9. The number of fused-ring (bicyclic) bond motifs is 1. The van der Waals surface area contributed by atoms with Crippen molar-refractivity contribution in [3.05, 3.63) is 42.0 Å². The molecule has 0 saturated heterocycles. The Morgan fingerprint density at radius 3 is 2.29 bits per heavy atom. The molecule has 0 fully saturated rings. The van der Waals surface area contributed by atoms with Crippen LogP contribution in [0.3, 0.4) is 0 Å². The number of phenolic OH excluding ortho intramolecular Hbond substituents is 1. The summed E-state index contributed by atoms with van der Waals surface area (Å²) in [4.78, 5) is 0. The molecule has 2 aromatic rings. The van der Waals surface area contributed by atoms with E-state index in [0.29, 0.717) is 10.9 Å². The van der Waals surface area contributed by atoms with Crippen molar-refractivity contribution in [3.8, 4) is 5.75 Å². The summed E-state index contributed by atoms with van der Waals surface area (Å²) in [7, 11) is 0. The Morgan fingerprint density at radius 1 is 1.00 bits per heavy atom. The molecule has 5 heteroatoms. The molecule has 17 heavy (non-hydrogen) atoms. The Bertz CT molecular complexity index is 548. The van der Waals surface area contributed by atoms with E-state index in [4.69, 9.17) is 46.4 Å². The van der Waals surface area contributed by atoms with Gasteiger partial charge in [-0.25, -0.2) is 0 Å². The lowest BCUT2D eigenvalue weighted by Crippen LogP contribution is -2.11. The second-order valence-corrected chi connectivity index (χ2v) is 6.43. The Kier molecular flexibility index (Phi) is 3.65. The van der Waals surface area contributed by atoms with Crippen LogP contribution in [0.25, 0.3) is 10.8 Å². The largest absolute Gasteiger partial charge is 0.507 e. The molecule has 2 aromatic carbocycles. The lowest BCUT2D eigenvalue weighted by Gasteiger charge is -2.20. The summed E-state index contributed by atoms with van der Waals surface area (Å²) in [5.41, 5.74) is 0.408. The van der Waals surface area contributed by atoms with Crippen LogP contribution in [-0.2, 0) is 0 Å². The maximum atomic E-state index is 10.1. The third kappa shape index (κ3) is 2.58. The number of hydrogen-bond donors (Lipinski definition) is 1. The summed E-state index contributed by atoms with van der Waals surface area (Å²) in [5.74, 6) is 0.0504. The summed E-state index contributed by atoms with van der Waals surface area (Å²) < 4.78 is -1.67. The van der Waals surface area contributed by atoms with Crippen molar-refractivity contribution in [3.63, 3.8) is 0 Å². The number of halogens is 4. The van der Waals surface area contributed by atoms with E-state index in [1.165, 1.54) is 0 Å². The van der Waals surface area contributed by atoms with E-state index >= 15 is 0 Å². The van der Waals surface area contributed by atoms with Gasteiger partial charge in [-0.3, -0.25) is 0 Å². The van der Waals surface area contributed by atoms with Crippen LogP contribution in [0.1, 0.15) is 10.9 Å². The van der Waals surface area contributed by atoms with Crippen LogP contribution in [0.2, 0.25) is 0 Å². The molecule has 0 amide bonds. The van der Waals surface area contributed by atoms with Gasteiger partial charge in [0, 0.05) is 10.9 Å². The van der Waals surface area contributed by atoms with Crippen LogP contribution < -0.4 is 0 Å². The van der Waals surface area contributed by atoms with E-state index in [-0.39, 0.29) is 5.75 Å². The van der Waals surface area contributed by atoms with Crippen molar-refractivity contribution >= 4 is 57.2 Å². The number of phenols is 1. The van der Waals surface area contributed by atoms with Gasteiger partial charge in [-0.2, -0.15) is 0 Å². The van der Waals surface area contributed by atoms with Crippen LogP contribution in [-0.4, -0.2) is 8.90 Å². The number of rotatable bonds is 1. The van der Waals surface area contributed by atoms with E-state index in [0.717, 1.165) is 5.39 Å². The first-order valence-corrected chi connectivity index (χ1v) is 6.39. The van der Waals surface area contributed by atoms with Crippen LogP contribution >= 0.6 is 46.4 Å². The highest BCUT2D eigenvalue weighted by Gasteiger charge is 2.34. The van der Waals surface area contributed by atoms with Crippen LogP contribution in [0.15, 0.2) is 36.4 Å². The maximum Gasteiger partial charge on any atom is 0.210 e. The van der Waals surface area contributed by atoms with Gasteiger partial charge in [0.2, 0.25) is 3.79 Å². The molecular formula is C12H8Cl4O. The van der Waals surface area contributed by atoms with Gasteiger partial charge in [0.1, 0.15) is 11.1 Å². The predicted octanol–water partition coefficient (Wildman–Crippen LogP) is 5.20. The Balaban J connectivity index is 2.61. The lowest BCUT2D eigenvalue weighted by atomic mass is 10.0.